The van der Waals surface area contributed by atoms with E-state index in [0.29, 0.717) is 6.04 Å². The van der Waals surface area contributed by atoms with Gasteiger partial charge in [-0.2, -0.15) is 0 Å². The molecule has 0 aliphatic carbocycles. The first-order valence-corrected chi connectivity index (χ1v) is 8.19. The van der Waals surface area contributed by atoms with Crippen molar-refractivity contribution in [2.45, 2.75) is 32.2 Å². The van der Waals surface area contributed by atoms with E-state index < -0.39 is 0 Å². The molecule has 1 unspecified atom stereocenters. The van der Waals surface area contributed by atoms with Crippen LogP contribution in [0.3, 0.4) is 0 Å². The Kier molecular flexibility index (Phi) is 4.61. The van der Waals surface area contributed by atoms with Crippen molar-refractivity contribution < 1.29 is 0 Å². The van der Waals surface area contributed by atoms with Crippen LogP contribution in [0.15, 0.2) is 30.5 Å². The van der Waals surface area contributed by atoms with Gasteiger partial charge in [-0.05, 0) is 50.1 Å². The highest BCUT2D eigenvalue weighted by Gasteiger charge is 2.25. The number of rotatable bonds is 5. The minimum atomic E-state index is 0.581. The molecule has 3 nitrogen and oxygen atoms in total. The van der Waals surface area contributed by atoms with Crippen LogP contribution in [-0.2, 0) is 0 Å². The van der Waals surface area contributed by atoms with Gasteiger partial charge in [0.25, 0.3) is 0 Å². The van der Waals surface area contributed by atoms with Gasteiger partial charge in [-0.1, -0.05) is 18.5 Å². The third-order valence-electron chi connectivity index (χ3n) is 4.18. The summed E-state index contributed by atoms with van der Waals surface area (Å²) in [5, 5.41) is 5.50. The number of hydrogen-bond acceptors (Lipinski definition) is 3. The van der Waals surface area contributed by atoms with Crippen LogP contribution in [0, 0.1) is 0 Å². The maximum Gasteiger partial charge on any atom is 0.0737 e. The van der Waals surface area contributed by atoms with Gasteiger partial charge >= 0.3 is 0 Å². The molecule has 1 N–H and O–H groups in total. The Morgan fingerprint density at radius 3 is 3.14 bits per heavy atom. The van der Waals surface area contributed by atoms with Crippen molar-refractivity contribution in [1.29, 1.82) is 0 Å². The number of nitrogens with one attached hydrogen (secondary N) is 1. The van der Waals surface area contributed by atoms with Gasteiger partial charge in [0.05, 0.1) is 5.52 Å². The summed E-state index contributed by atoms with van der Waals surface area (Å²) in [5.41, 5.74) is 2.27. The molecule has 0 radical (unpaired) electrons. The smallest absolute Gasteiger partial charge is 0.0737 e. The second-order valence-corrected chi connectivity index (χ2v) is 6.12. The number of halogens is 1. The summed E-state index contributed by atoms with van der Waals surface area (Å²) in [6.07, 6.45) is 5.59. The van der Waals surface area contributed by atoms with Crippen LogP contribution in [0.4, 0.5) is 5.69 Å². The first kappa shape index (κ1) is 14.6. The molecule has 1 aliphatic rings. The van der Waals surface area contributed by atoms with Gasteiger partial charge < -0.3 is 10.2 Å². The molecule has 1 aromatic heterocycles. The van der Waals surface area contributed by atoms with E-state index >= 15 is 0 Å². The molecule has 3 rings (SSSR count). The third-order valence-corrected chi connectivity index (χ3v) is 4.41. The van der Waals surface area contributed by atoms with Crippen molar-refractivity contribution in [1.82, 2.24) is 10.3 Å². The molecule has 1 fully saturated rings. The standard InChI is InChI=1S/C17H22ClN3/c1-2-8-19-12-14-4-3-10-21(14)17-7-9-20-16-11-13(18)5-6-15(16)17/h5-7,9,11,14,19H,2-4,8,10,12H2,1H3. The number of anilines is 1. The van der Waals surface area contributed by atoms with Crippen LogP contribution < -0.4 is 10.2 Å². The molecule has 1 saturated heterocycles. The molecule has 112 valence electrons. The van der Waals surface area contributed by atoms with Crippen molar-refractivity contribution in [3.8, 4) is 0 Å². The fourth-order valence-electron chi connectivity index (χ4n) is 3.17. The van der Waals surface area contributed by atoms with Crippen molar-refractivity contribution in [2.75, 3.05) is 24.5 Å². The number of fused-ring (bicyclic) bond motifs is 1. The molecule has 0 saturated carbocycles. The summed E-state index contributed by atoms with van der Waals surface area (Å²) in [4.78, 5) is 6.98. The van der Waals surface area contributed by atoms with Gasteiger partial charge in [-0.25, -0.2) is 0 Å². The van der Waals surface area contributed by atoms with Crippen LogP contribution in [0.5, 0.6) is 0 Å². The predicted octanol–water partition coefficient (Wildman–Crippen LogP) is 3.86. The lowest BCUT2D eigenvalue weighted by molar-refractivity contribution is 0.571. The van der Waals surface area contributed by atoms with Crippen LogP contribution in [0.1, 0.15) is 26.2 Å². The molecule has 0 bridgehead atoms. The van der Waals surface area contributed by atoms with Gasteiger partial charge in [0.2, 0.25) is 0 Å². The average molecular weight is 304 g/mol. The predicted molar refractivity (Wildman–Crippen MR) is 90.3 cm³/mol. The van der Waals surface area contributed by atoms with Gasteiger partial charge in [-0.3, -0.25) is 4.98 Å². The molecule has 1 aromatic carbocycles. The second kappa shape index (κ2) is 6.63. The summed E-state index contributed by atoms with van der Waals surface area (Å²) in [5.74, 6) is 0. The molecule has 1 atom stereocenters. The lowest BCUT2D eigenvalue weighted by atomic mass is 10.1. The van der Waals surface area contributed by atoms with E-state index in [1.54, 1.807) is 0 Å². The van der Waals surface area contributed by atoms with Crippen LogP contribution in [-0.4, -0.2) is 30.7 Å². The number of hydrogen-bond donors (Lipinski definition) is 1. The van der Waals surface area contributed by atoms with E-state index in [-0.39, 0.29) is 0 Å². The largest absolute Gasteiger partial charge is 0.367 e. The van der Waals surface area contributed by atoms with E-state index in [0.717, 1.165) is 30.2 Å². The summed E-state index contributed by atoms with van der Waals surface area (Å²) in [6.45, 7) is 5.49. The highest BCUT2D eigenvalue weighted by Crippen LogP contribution is 2.32. The van der Waals surface area contributed by atoms with Crippen LogP contribution >= 0.6 is 11.6 Å². The molecule has 21 heavy (non-hydrogen) atoms. The molecule has 4 heteroatoms. The topological polar surface area (TPSA) is 28.2 Å². The normalized spacial score (nSPS) is 18.6. The molecule has 0 amide bonds. The zero-order valence-electron chi connectivity index (χ0n) is 12.5. The van der Waals surface area contributed by atoms with E-state index in [9.17, 15) is 0 Å². The summed E-state index contributed by atoms with van der Waals surface area (Å²) < 4.78 is 0. The molecule has 1 aliphatic heterocycles. The maximum atomic E-state index is 6.08. The van der Waals surface area contributed by atoms with E-state index in [1.807, 2.05) is 18.3 Å². The zero-order valence-corrected chi connectivity index (χ0v) is 13.2. The Labute approximate surface area is 131 Å². The van der Waals surface area contributed by atoms with Gasteiger partial charge in [-0.15, -0.1) is 0 Å². The number of pyridine rings is 1. The summed E-state index contributed by atoms with van der Waals surface area (Å²) >= 11 is 6.08. The first-order chi connectivity index (χ1) is 10.3. The molecular formula is C17H22ClN3. The Bertz CT molecular complexity index is 614. The molecule has 2 heterocycles. The number of aromatic nitrogens is 1. The van der Waals surface area contributed by atoms with Crippen molar-refractivity contribution in [2.24, 2.45) is 0 Å². The maximum absolute atomic E-state index is 6.08. The summed E-state index contributed by atoms with van der Waals surface area (Å²) in [7, 11) is 0. The zero-order chi connectivity index (χ0) is 14.7. The second-order valence-electron chi connectivity index (χ2n) is 5.69. The lowest BCUT2D eigenvalue weighted by Crippen LogP contribution is -2.38. The van der Waals surface area contributed by atoms with E-state index in [4.69, 9.17) is 11.6 Å². The van der Waals surface area contributed by atoms with Gasteiger partial charge in [0.1, 0.15) is 0 Å². The van der Waals surface area contributed by atoms with Crippen LogP contribution in [0.2, 0.25) is 5.02 Å². The van der Waals surface area contributed by atoms with E-state index in [1.165, 1.54) is 30.3 Å². The minimum absolute atomic E-state index is 0.581. The Hall–Kier alpha value is -1.32. The lowest BCUT2D eigenvalue weighted by Gasteiger charge is -2.28. The Morgan fingerprint density at radius 1 is 1.38 bits per heavy atom. The Morgan fingerprint density at radius 2 is 2.29 bits per heavy atom. The van der Waals surface area contributed by atoms with Crippen molar-refractivity contribution in [3.63, 3.8) is 0 Å². The van der Waals surface area contributed by atoms with E-state index in [2.05, 4.69) is 34.3 Å². The minimum Gasteiger partial charge on any atom is -0.367 e. The SMILES string of the molecule is CCCNCC1CCCN1c1ccnc2cc(Cl)ccc12. The molecular weight excluding hydrogens is 282 g/mol. The third kappa shape index (κ3) is 3.14. The fraction of sp³-hybridized carbons (Fsp3) is 0.471. The highest BCUT2D eigenvalue weighted by atomic mass is 35.5. The van der Waals surface area contributed by atoms with Gasteiger partial charge in [0.15, 0.2) is 0 Å². The quantitative estimate of drug-likeness (QED) is 0.850. The summed E-state index contributed by atoms with van der Waals surface area (Å²) in [6, 6.07) is 8.71. The monoisotopic (exact) mass is 303 g/mol. The number of nitrogens with zero attached hydrogens (tertiary/aromatic N) is 2. The number of benzene rings is 1. The van der Waals surface area contributed by atoms with Crippen molar-refractivity contribution in [3.05, 3.63) is 35.5 Å². The first-order valence-electron chi connectivity index (χ1n) is 7.81. The molecule has 2 aromatic rings. The average Bonchev–Trinajstić information content (AvgIpc) is 2.95. The fourth-order valence-corrected chi connectivity index (χ4v) is 3.33. The van der Waals surface area contributed by atoms with Gasteiger partial charge in [0, 0.05) is 41.4 Å². The van der Waals surface area contributed by atoms with Crippen molar-refractivity contribution >= 4 is 28.2 Å². The Balaban J connectivity index is 1.88. The van der Waals surface area contributed by atoms with Crippen LogP contribution in [0.25, 0.3) is 10.9 Å². The highest BCUT2D eigenvalue weighted by molar-refractivity contribution is 6.31. The molecule has 0 spiro atoms.